The van der Waals surface area contributed by atoms with Crippen LogP contribution in [0.2, 0.25) is 0 Å². The number of benzene rings is 1. The lowest BCUT2D eigenvalue weighted by atomic mass is 10.0. The van der Waals surface area contributed by atoms with Crippen LogP contribution in [-0.4, -0.2) is 4.98 Å². The first kappa shape index (κ1) is 12.9. The van der Waals surface area contributed by atoms with Crippen LogP contribution in [0.25, 0.3) is 0 Å². The highest BCUT2D eigenvalue weighted by atomic mass is 15.0. The monoisotopic (exact) mass is 252 g/mol. The molecule has 0 saturated carbocycles. The maximum absolute atomic E-state index is 9.12. The standard InChI is InChI=1S/C15H16N4/c1-9-4-10(2)14(11(3)5-9)19-15-12(7-16)6-13(17)8-18-15/h4-6,8H,17H2,1-3H3,(H,18,19). The van der Waals surface area contributed by atoms with Crippen LogP contribution in [0.1, 0.15) is 22.3 Å². The number of hydrogen-bond donors (Lipinski definition) is 2. The molecule has 2 rings (SSSR count). The normalized spacial score (nSPS) is 10.0. The van der Waals surface area contributed by atoms with Gasteiger partial charge in [-0.25, -0.2) is 4.98 Å². The Balaban J connectivity index is 2.45. The van der Waals surface area contributed by atoms with Gasteiger partial charge in [-0.15, -0.1) is 0 Å². The highest BCUT2D eigenvalue weighted by Gasteiger charge is 2.09. The molecule has 3 N–H and O–H groups in total. The molecule has 4 nitrogen and oxygen atoms in total. The van der Waals surface area contributed by atoms with Crippen LogP contribution in [0, 0.1) is 32.1 Å². The molecule has 0 radical (unpaired) electrons. The summed E-state index contributed by atoms with van der Waals surface area (Å²) in [5.74, 6) is 0.534. The van der Waals surface area contributed by atoms with Crippen molar-refractivity contribution in [1.29, 1.82) is 5.26 Å². The molecule has 0 spiro atoms. The van der Waals surface area contributed by atoms with E-state index in [1.165, 1.54) is 5.56 Å². The van der Waals surface area contributed by atoms with Gasteiger partial charge in [-0.1, -0.05) is 17.7 Å². The summed E-state index contributed by atoms with van der Waals surface area (Å²) >= 11 is 0. The molecule has 0 aliphatic carbocycles. The van der Waals surface area contributed by atoms with Crippen molar-refractivity contribution in [2.75, 3.05) is 11.1 Å². The SMILES string of the molecule is Cc1cc(C)c(Nc2ncc(N)cc2C#N)c(C)c1. The van der Waals surface area contributed by atoms with E-state index in [-0.39, 0.29) is 0 Å². The molecule has 0 aliphatic rings. The second kappa shape index (κ2) is 4.99. The molecule has 1 heterocycles. The first-order valence-corrected chi connectivity index (χ1v) is 6.01. The summed E-state index contributed by atoms with van der Waals surface area (Å²) in [4.78, 5) is 4.19. The molecule has 1 aromatic heterocycles. The van der Waals surface area contributed by atoms with Crippen LogP contribution < -0.4 is 11.1 Å². The second-order valence-corrected chi connectivity index (χ2v) is 4.68. The Bertz CT molecular complexity index is 645. The largest absolute Gasteiger partial charge is 0.397 e. The van der Waals surface area contributed by atoms with E-state index >= 15 is 0 Å². The van der Waals surface area contributed by atoms with Gasteiger partial charge >= 0.3 is 0 Å². The Morgan fingerprint density at radius 2 is 1.79 bits per heavy atom. The van der Waals surface area contributed by atoms with Gasteiger partial charge in [0, 0.05) is 5.69 Å². The minimum absolute atomic E-state index is 0.444. The van der Waals surface area contributed by atoms with E-state index < -0.39 is 0 Å². The highest BCUT2D eigenvalue weighted by Crippen LogP contribution is 2.26. The summed E-state index contributed by atoms with van der Waals surface area (Å²) < 4.78 is 0. The fourth-order valence-corrected chi connectivity index (χ4v) is 2.16. The number of nitrogens with zero attached hydrogens (tertiary/aromatic N) is 2. The van der Waals surface area contributed by atoms with Crippen molar-refractivity contribution >= 4 is 17.2 Å². The third-order valence-electron chi connectivity index (χ3n) is 2.95. The Morgan fingerprint density at radius 1 is 1.16 bits per heavy atom. The van der Waals surface area contributed by atoms with Crippen molar-refractivity contribution in [2.24, 2.45) is 0 Å². The molecule has 0 aliphatic heterocycles. The summed E-state index contributed by atoms with van der Waals surface area (Å²) in [7, 11) is 0. The predicted molar refractivity (Wildman–Crippen MR) is 77.3 cm³/mol. The number of nitriles is 1. The minimum atomic E-state index is 0.444. The number of aromatic nitrogens is 1. The molecule has 1 aromatic carbocycles. The fraction of sp³-hybridized carbons (Fsp3) is 0.200. The van der Waals surface area contributed by atoms with Gasteiger partial charge in [-0.3, -0.25) is 0 Å². The smallest absolute Gasteiger partial charge is 0.148 e. The number of anilines is 3. The van der Waals surface area contributed by atoms with Crippen molar-refractivity contribution in [3.8, 4) is 6.07 Å². The number of aryl methyl sites for hydroxylation is 3. The Hall–Kier alpha value is -2.54. The first-order chi connectivity index (χ1) is 9.01. The van der Waals surface area contributed by atoms with Gasteiger partial charge in [0.1, 0.15) is 11.9 Å². The molecule has 0 fully saturated rings. The summed E-state index contributed by atoms with van der Waals surface area (Å²) in [5.41, 5.74) is 11.0. The average Bonchev–Trinajstić information content (AvgIpc) is 2.35. The molecule has 0 unspecified atom stereocenters. The van der Waals surface area contributed by atoms with E-state index in [1.807, 2.05) is 13.8 Å². The summed E-state index contributed by atoms with van der Waals surface area (Å²) in [6, 6.07) is 7.91. The van der Waals surface area contributed by atoms with Crippen molar-refractivity contribution in [3.63, 3.8) is 0 Å². The molecule has 0 bridgehead atoms. The van der Waals surface area contributed by atoms with Gasteiger partial charge in [-0.05, 0) is 38.0 Å². The zero-order valence-electron chi connectivity index (χ0n) is 11.3. The summed E-state index contributed by atoms with van der Waals surface area (Å²) in [6.07, 6.45) is 1.54. The molecular formula is C15H16N4. The lowest BCUT2D eigenvalue weighted by Crippen LogP contribution is -2.02. The van der Waals surface area contributed by atoms with Crippen molar-refractivity contribution < 1.29 is 0 Å². The van der Waals surface area contributed by atoms with Crippen molar-refractivity contribution in [1.82, 2.24) is 4.98 Å². The third-order valence-corrected chi connectivity index (χ3v) is 2.95. The zero-order valence-corrected chi connectivity index (χ0v) is 11.3. The molecule has 4 heteroatoms. The topological polar surface area (TPSA) is 74.7 Å². The minimum Gasteiger partial charge on any atom is -0.397 e. The van der Waals surface area contributed by atoms with Crippen LogP contribution in [0.4, 0.5) is 17.2 Å². The maximum atomic E-state index is 9.12. The van der Waals surface area contributed by atoms with E-state index in [2.05, 4.69) is 35.4 Å². The molecule has 0 amide bonds. The van der Waals surface area contributed by atoms with Crippen molar-refractivity contribution in [3.05, 3.63) is 46.6 Å². The molecule has 0 atom stereocenters. The van der Waals surface area contributed by atoms with Gasteiger partial charge in [0.15, 0.2) is 0 Å². The molecule has 96 valence electrons. The van der Waals surface area contributed by atoms with Crippen LogP contribution in [0.5, 0.6) is 0 Å². The van der Waals surface area contributed by atoms with Crippen LogP contribution >= 0.6 is 0 Å². The van der Waals surface area contributed by atoms with Gasteiger partial charge in [0.05, 0.1) is 17.4 Å². The van der Waals surface area contributed by atoms with E-state index in [0.717, 1.165) is 16.8 Å². The van der Waals surface area contributed by atoms with Crippen LogP contribution in [0.3, 0.4) is 0 Å². The van der Waals surface area contributed by atoms with Crippen LogP contribution in [0.15, 0.2) is 24.4 Å². The van der Waals surface area contributed by atoms with Crippen LogP contribution in [-0.2, 0) is 0 Å². The number of hydrogen-bond acceptors (Lipinski definition) is 4. The first-order valence-electron chi connectivity index (χ1n) is 6.01. The van der Waals surface area contributed by atoms with E-state index in [0.29, 0.717) is 17.1 Å². The Kier molecular flexibility index (Phi) is 3.39. The zero-order chi connectivity index (χ0) is 14.0. The van der Waals surface area contributed by atoms with E-state index in [9.17, 15) is 0 Å². The lowest BCUT2D eigenvalue weighted by Gasteiger charge is -2.14. The summed E-state index contributed by atoms with van der Waals surface area (Å²) in [6.45, 7) is 6.13. The van der Waals surface area contributed by atoms with Gasteiger partial charge in [0.2, 0.25) is 0 Å². The van der Waals surface area contributed by atoms with E-state index in [1.54, 1.807) is 12.3 Å². The molecule has 19 heavy (non-hydrogen) atoms. The van der Waals surface area contributed by atoms with Gasteiger partial charge in [0.25, 0.3) is 0 Å². The van der Waals surface area contributed by atoms with Gasteiger partial charge < -0.3 is 11.1 Å². The Labute approximate surface area is 112 Å². The van der Waals surface area contributed by atoms with Gasteiger partial charge in [-0.2, -0.15) is 5.26 Å². The fourth-order valence-electron chi connectivity index (χ4n) is 2.16. The number of pyridine rings is 1. The number of rotatable bonds is 2. The lowest BCUT2D eigenvalue weighted by molar-refractivity contribution is 1.25. The summed E-state index contributed by atoms with van der Waals surface area (Å²) in [5, 5.41) is 12.3. The number of nitrogen functional groups attached to an aromatic ring is 1. The molecule has 2 aromatic rings. The maximum Gasteiger partial charge on any atom is 0.148 e. The average molecular weight is 252 g/mol. The molecule has 0 saturated heterocycles. The second-order valence-electron chi connectivity index (χ2n) is 4.68. The number of nitrogens with one attached hydrogen (secondary N) is 1. The molecular weight excluding hydrogens is 236 g/mol. The predicted octanol–water partition coefficient (Wildman–Crippen LogP) is 3.20. The number of nitrogens with two attached hydrogens (primary N) is 1. The third kappa shape index (κ3) is 2.66. The van der Waals surface area contributed by atoms with Crippen molar-refractivity contribution in [2.45, 2.75) is 20.8 Å². The quantitative estimate of drug-likeness (QED) is 0.860. The van der Waals surface area contributed by atoms with E-state index in [4.69, 9.17) is 11.0 Å². The Morgan fingerprint density at radius 3 is 2.37 bits per heavy atom. The highest BCUT2D eigenvalue weighted by molar-refractivity contribution is 5.69.